The Kier molecular flexibility index (Phi) is 4.67. The van der Waals surface area contributed by atoms with Gasteiger partial charge in [0.15, 0.2) is 11.5 Å². The smallest absolute Gasteiger partial charge is 0.273 e. The fraction of sp³-hybridized carbons (Fsp3) is 0.381. The monoisotopic (exact) mass is 390 g/mol. The minimum Gasteiger partial charge on any atom is -0.360 e. The van der Waals surface area contributed by atoms with Crippen LogP contribution in [0.1, 0.15) is 34.7 Å². The number of carbonyl (C=O) groups excluding carboxylic acids is 1. The Morgan fingerprint density at radius 3 is 2.72 bits per heavy atom. The molecule has 0 aromatic carbocycles. The fourth-order valence-electron chi connectivity index (χ4n) is 3.94. The molecule has 1 aliphatic carbocycles. The minimum atomic E-state index is -0.128. The maximum atomic E-state index is 12.5. The van der Waals surface area contributed by atoms with Crippen LogP contribution in [0, 0.1) is 5.92 Å². The summed E-state index contributed by atoms with van der Waals surface area (Å²) in [6.07, 6.45) is 7.45. The third-order valence-electron chi connectivity index (χ3n) is 5.62. The number of rotatable bonds is 5. The lowest BCUT2D eigenvalue weighted by Crippen LogP contribution is -2.52. The van der Waals surface area contributed by atoms with E-state index in [1.807, 2.05) is 24.3 Å². The molecule has 0 radical (unpaired) electrons. The van der Waals surface area contributed by atoms with Gasteiger partial charge in [0.25, 0.3) is 5.91 Å². The number of aryl methyl sites for hydroxylation is 1. The molecule has 8 heteroatoms. The van der Waals surface area contributed by atoms with Crippen molar-refractivity contribution in [2.75, 3.05) is 24.5 Å². The highest BCUT2D eigenvalue weighted by molar-refractivity contribution is 5.93. The van der Waals surface area contributed by atoms with Crippen LogP contribution in [0.2, 0.25) is 0 Å². The number of carbonyl (C=O) groups is 1. The molecule has 1 N–H and O–H groups in total. The molecular formula is C21H22N6O2. The highest BCUT2D eigenvalue weighted by atomic mass is 16.5. The van der Waals surface area contributed by atoms with E-state index in [9.17, 15) is 4.79 Å². The molecule has 2 aliphatic rings. The molecule has 4 heterocycles. The topological polar surface area (TPSA) is 97.0 Å². The molecule has 1 fully saturated rings. The second kappa shape index (κ2) is 7.62. The molecule has 0 unspecified atom stereocenters. The second-order valence-electron chi connectivity index (χ2n) is 7.63. The third kappa shape index (κ3) is 3.57. The second-order valence-corrected chi connectivity index (χ2v) is 7.63. The summed E-state index contributed by atoms with van der Waals surface area (Å²) in [7, 11) is 0. The Bertz CT molecular complexity index is 996. The van der Waals surface area contributed by atoms with E-state index < -0.39 is 0 Å². The van der Waals surface area contributed by atoms with Crippen LogP contribution in [0.4, 0.5) is 5.82 Å². The van der Waals surface area contributed by atoms with Gasteiger partial charge in [-0.3, -0.25) is 9.78 Å². The van der Waals surface area contributed by atoms with Crippen LogP contribution in [0.25, 0.3) is 11.3 Å². The van der Waals surface area contributed by atoms with Crippen molar-refractivity contribution in [1.29, 1.82) is 0 Å². The maximum absolute atomic E-state index is 12.5. The number of hydrogen-bond donors (Lipinski definition) is 1. The van der Waals surface area contributed by atoms with E-state index in [-0.39, 0.29) is 5.91 Å². The van der Waals surface area contributed by atoms with Crippen molar-refractivity contribution >= 4 is 11.7 Å². The first-order valence-corrected chi connectivity index (χ1v) is 10.0. The van der Waals surface area contributed by atoms with Crippen LogP contribution in [0.3, 0.4) is 0 Å². The molecule has 0 saturated carbocycles. The average Bonchev–Trinajstić information content (AvgIpc) is 3.18. The fourth-order valence-corrected chi connectivity index (χ4v) is 3.94. The molecule has 1 aliphatic heterocycles. The first-order valence-electron chi connectivity index (χ1n) is 10.0. The lowest BCUT2D eigenvalue weighted by atomic mass is 9.96. The zero-order valence-corrected chi connectivity index (χ0v) is 16.0. The summed E-state index contributed by atoms with van der Waals surface area (Å²) in [5.74, 6) is 2.00. The van der Waals surface area contributed by atoms with Crippen molar-refractivity contribution in [1.82, 2.24) is 25.7 Å². The van der Waals surface area contributed by atoms with Crippen molar-refractivity contribution in [2.24, 2.45) is 5.92 Å². The summed E-state index contributed by atoms with van der Waals surface area (Å²) in [5.41, 5.74) is 3.29. The van der Waals surface area contributed by atoms with E-state index in [0.717, 1.165) is 67.2 Å². The number of amides is 1. The SMILES string of the molecule is O=C(NCC1CN(c2ccc(-c3ccncc3)nn2)C1)c1noc2c1CCCC2. The van der Waals surface area contributed by atoms with E-state index in [2.05, 4.69) is 30.6 Å². The summed E-state index contributed by atoms with van der Waals surface area (Å²) in [4.78, 5) is 18.7. The van der Waals surface area contributed by atoms with E-state index in [1.54, 1.807) is 12.4 Å². The van der Waals surface area contributed by atoms with Gasteiger partial charge in [0.05, 0.1) is 5.69 Å². The number of fused-ring (bicyclic) bond motifs is 1. The lowest BCUT2D eigenvalue weighted by Gasteiger charge is -2.39. The van der Waals surface area contributed by atoms with Gasteiger partial charge in [-0.05, 0) is 43.5 Å². The van der Waals surface area contributed by atoms with Crippen LogP contribution in [-0.4, -0.2) is 45.9 Å². The molecule has 3 aromatic heterocycles. The van der Waals surface area contributed by atoms with Crippen molar-refractivity contribution in [2.45, 2.75) is 25.7 Å². The Balaban J connectivity index is 1.13. The molecule has 3 aromatic rings. The van der Waals surface area contributed by atoms with Gasteiger partial charge in [0, 0.05) is 55.5 Å². The highest BCUT2D eigenvalue weighted by Gasteiger charge is 2.30. The number of nitrogens with one attached hydrogen (secondary N) is 1. The van der Waals surface area contributed by atoms with Crippen molar-refractivity contribution in [3.8, 4) is 11.3 Å². The van der Waals surface area contributed by atoms with E-state index >= 15 is 0 Å². The van der Waals surface area contributed by atoms with E-state index in [4.69, 9.17) is 4.52 Å². The van der Waals surface area contributed by atoms with Gasteiger partial charge in [-0.15, -0.1) is 10.2 Å². The maximum Gasteiger partial charge on any atom is 0.273 e. The average molecular weight is 390 g/mol. The number of aromatic nitrogens is 4. The summed E-state index contributed by atoms with van der Waals surface area (Å²) in [6, 6.07) is 7.79. The Morgan fingerprint density at radius 1 is 1.10 bits per heavy atom. The van der Waals surface area contributed by atoms with Crippen molar-refractivity contribution < 1.29 is 9.32 Å². The zero-order chi connectivity index (χ0) is 19.6. The molecule has 1 saturated heterocycles. The number of hydrogen-bond acceptors (Lipinski definition) is 7. The van der Waals surface area contributed by atoms with Gasteiger partial charge in [-0.2, -0.15) is 0 Å². The van der Waals surface area contributed by atoms with E-state index in [0.29, 0.717) is 18.2 Å². The number of nitrogens with zero attached hydrogens (tertiary/aromatic N) is 5. The predicted octanol–water partition coefficient (Wildman–Crippen LogP) is 2.27. The molecule has 5 rings (SSSR count). The lowest BCUT2D eigenvalue weighted by molar-refractivity contribution is 0.0934. The summed E-state index contributed by atoms with van der Waals surface area (Å²) in [6.45, 7) is 2.32. The summed E-state index contributed by atoms with van der Waals surface area (Å²) >= 11 is 0. The first-order chi connectivity index (χ1) is 14.3. The van der Waals surface area contributed by atoms with Crippen LogP contribution in [0.15, 0.2) is 41.2 Å². The van der Waals surface area contributed by atoms with Crippen LogP contribution >= 0.6 is 0 Å². The molecule has 0 bridgehead atoms. The summed E-state index contributed by atoms with van der Waals surface area (Å²) < 4.78 is 5.33. The molecule has 1 amide bonds. The molecule has 0 atom stereocenters. The highest BCUT2D eigenvalue weighted by Crippen LogP contribution is 2.25. The quantitative estimate of drug-likeness (QED) is 0.714. The number of pyridine rings is 1. The zero-order valence-electron chi connectivity index (χ0n) is 16.0. The van der Waals surface area contributed by atoms with Gasteiger partial charge in [0.1, 0.15) is 5.76 Å². The van der Waals surface area contributed by atoms with Crippen LogP contribution in [0.5, 0.6) is 0 Å². The van der Waals surface area contributed by atoms with Crippen molar-refractivity contribution in [3.63, 3.8) is 0 Å². The minimum absolute atomic E-state index is 0.128. The Labute approximate surface area is 168 Å². The van der Waals surface area contributed by atoms with Gasteiger partial charge in [0.2, 0.25) is 0 Å². The van der Waals surface area contributed by atoms with E-state index in [1.165, 1.54) is 0 Å². The van der Waals surface area contributed by atoms with Crippen LogP contribution < -0.4 is 10.2 Å². The van der Waals surface area contributed by atoms with Gasteiger partial charge in [-0.1, -0.05) is 5.16 Å². The Hall–Kier alpha value is -3.29. The largest absolute Gasteiger partial charge is 0.360 e. The molecule has 148 valence electrons. The molecule has 8 nitrogen and oxygen atoms in total. The van der Waals surface area contributed by atoms with Gasteiger partial charge >= 0.3 is 0 Å². The van der Waals surface area contributed by atoms with Crippen molar-refractivity contribution in [3.05, 3.63) is 53.7 Å². The predicted molar refractivity (Wildman–Crippen MR) is 106 cm³/mol. The standard InChI is InChI=1S/C21H22N6O2/c28-21(20-16-3-1-2-4-18(16)29-26-20)23-11-14-12-27(13-14)19-6-5-17(24-25-19)15-7-9-22-10-8-15/h5-10,14H,1-4,11-13H2,(H,23,28). The number of anilines is 1. The van der Waals surface area contributed by atoms with Gasteiger partial charge < -0.3 is 14.7 Å². The van der Waals surface area contributed by atoms with Gasteiger partial charge in [-0.25, -0.2) is 0 Å². The Morgan fingerprint density at radius 2 is 1.93 bits per heavy atom. The first kappa shape index (κ1) is 17.8. The van der Waals surface area contributed by atoms with Crippen LogP contribution in [-0.2, 0) is 12.8 Å². The third-order valence-corrected chi connectivity index (χ3v) is 5.62. The molecule has 0 spiro atoms. The normalized spacial score (nSPS) is 16.2. The molecular weight excluding hydrogens is 368 g/mol. The summed E-state index contributed by atoms with van der Waals surface area (Å²) in [5, 5.41) is 15.7. The molecule has 29 heavy (non-hydrogen) atoms.